The molecule has 1 aromatic heterocycles. The summed E-state index contributed by atoms with van der Waals surface area (Å²) >= 11 is 9.25. The minimum absolute atomic E-state index is 0.0905. The van der Waals surface area contributed by atoms with Gasteiger partial charge >= 0.3 is 5.69 Å². The molecular weight excluding hydrogens is 350 g/mol. The summed E-state index contributed by atoms with van der Waals surface area (Å²) in [5, 5.41) is 17.1. The number of hydrogen-bond acceptors (Lipinski definition) is 6. The molecule has 0 radical (unpaired) electrons. The Bertz CT molecular complexity index is 667. The molecule has 0 saturated carbocycles. The molecule has 1 heterocycles. The zero-order valence-electron chi connectivity index (χ0n) is 10.2. The van der Waals surface area contributed by atoms with E-state index in [2.05, 4.69) is 36.5 Å². The maximum Gasteiger partial charge on any atom is 0.353 e. The lowest BCUT2D eigenvalue weighted by Crippen LogP contribution is -2.05. The molecule has 0 saturated heterocycles. The fraction of sp³-hybridized carbons (Fsp3) is 0.0909. The molecule has 1 aromatic carbocycles. The zero-order valence-corrected chi connectivity index (χ0v) is 12.6. The Morgan fingerprint density at radius 1 is 1.35 bits per heavy atom. The molecule has 0 spiro atoms. The third kappa shape index (κ3) is 2.97. The van der Waals surface area contributed by atoms with Crippen LogP contribution in [-0.4, -0.2) is 21.9 Å². The van der Waals surface area contributed by atoms with Crippen LogP contribution >= 0.6 is 27.5 Å². The molecule has 7 nitrogen and oxygen atoms in total. The van der Waals surface area contributed by atoms with Crippen LogP contribution in [0, 0.1) is 10.1 Å². The summed E-state index contributed by atoms with van der Waals surface area (Å²) < 4.78 is 0.734. The van der Waals surface area contributed by atoms with Gasteiger partial charge in [0, 0.05) is 17.2 Å². The van der Waals surface area contributed by atoms with Gasteiger partial charge in [-0.1, -0.05) is 11.6 Å². The van der Waals surface area contributed by atoms with Crippen molar-refractivity contribution in [1.82, 2.24) is 9.97 Å². The van der Waals surface area contributed by atoms with E-state index in [0.717, 1.165) is 4.47 Å². The Balaban J connectivity index is 2.42. The number of nitro groups is 1. The van der Waals surface area contributed by atoms with Gasteiger partial charge in [0.15, 0.2) is 0 Å². The molecule has 2 rings (SSSR count). The molecule has 0 aliphatic heterocycles. The van der Waals surface area contributed by atoms with Gasteiger partial charge in [-0.2, -0.15) is 0 Å². The minimum atomic E-state index is -0.547. The van der Waals surface area contributed by atoms with Gasteiger partial charge in [-0.3, -0.25) is 10.1 Å². The topological polar surface area (TPSA) is 93.0 Å². The normalized spacial score (nSPS) is 10.2. The molecule has 0 aliphatic carbocycles. The van der Waals surface area contributed by atoms with Crippen LogP contribution in [0.15, 0.2) is 29.0 Å². The van der Waals surface area contributed by atoms with Crippen molar-refractivity contribution in [2.75, 3.05) is 17.7 Å². The molecule has 0 amide bonds. The highest BCUT2D eigenvalue weighted by atomic mass is 79.9. The Morgan fingerprint density at radius 3 is 2.65 bits per heavy atom. The summed E-state index contributed by atoms with van der Waals surface area (Å²) in [6, 6.07) is 5.09. The first-order chi connectivity index (χ1) is 9.52. The van der Waals surface area contributed by atoms with Gasteiger partial charge in [0.1, 0.15) is 6.33 Å². The fourth-order valence-electron chi connectivity index (χ4n) is 1.54. The largest absolute Gasteiger partial charge is 0.367 e. The van der Waals surface area contributed by atoms with Crippen LogP contribution in [0.4, 0.5) is 23.0 Å². The van der Waals surface area contributed by atoms with Crippen molar-refractivity contribution in [3.63, 3.8) is 0 Å². The number of aromatic nitrogens is 2. The van der Waals surface area contributed by atoms with Crippen LogP contribution in [0.1, 0.15) is 0 Å². The average molecular weight is 359 g/mol. The summed E-state index contributed by atoms with van der Waals surface area (Å²) in [5.74, 6) is 0.225. The van der Waals surface area contributed by atoms with Crippen molar-refractivity contribution < 1.29 is 4.92 Å². The van der Waals surface area contributed by atoms with E-state index >= 15 is 0 Å². The first-order valence-electron chi connectivity index (χ1n) is 5.42. The van der Waals surface area contributed by atoms with Gasteiger partial charge in [0.2, 0.25) is 11.6 Å². The number of halogens is 2. The molecule has 20 heavy (non-hydrogen) atoms. The van der Waals surface area contributed by atoms with Crippen molar-refractivity contribution in [3.05, 3.63) is 44.1 Å². The summed E-state index contributed by atoms with van der Waals surface area (Å²) in [6.45, 7) is 0. The predicted octanol–water partition coefficient (Wildman–Crippen LogP) is 3.59. The van der Waals surface area contributed by atoms with Crippen LogP contribution in [0.2, 0.25) is 5.02 Å². The SMILES string of the molecule is CNc1ncnc(Nc2ccc(Br)c(Cl)c2)c1[N+](=O)[O-]. The van der Waals surface area contributed by atoms with Crippen LogP contribution in [0.5, 0.6) is 0 Å². The molecular formula is C11H9BrClN5O2. The molecule has 2 aromatic rings. The average Bonchev–Trinajstić information content (AvgIpc) is 2.42. The Morgan fingerprint density at radius 2 is 2.05 bits per heavy atom. The summed E-state index contributed by atoms with van der Waals surface area (Å²) in [7, 11) is 1.55. The van der Waals surface area contributed by atoms with Gasteiger partial charge in [-0.15, -0.1) is 0 Å². The van der Waals surface area contributed by atoms with Crippen LogP contribution in [-0.2, 0) is 0 Å². The van der Waals surface area contributed by atoms with Crippen LogP contribution < -0.4 is 10.6 Å². The summed E-state index contributed by atoms with van der Waals surface area (Å²) in [5.41, 5.74) is 0.357. The van der Waals surface area contributed by atoms with Crippen molar-refractivity contribution >= 4 is 50.5 Å². The number of benzene rings is 1. The Labute approximate surface area is 127 Å². The molecule has 0 aliphatic rings. The second kappa shape index (κ2) is 6.02. The van der Waals surface area contributed by atoms with E-state index in [1.165, 1.54) is 6.33 Å². The minimum Gasteiger partial charge on any atom is -0.367 e. The van der Waals surface area contributed by atoms with E-state index in [0.29, 0.717) is 10.7 Å². The van der Waals surface area contributed by atoms with Crippen molar-refractivity contribution in [2.45, 2.75) is 0 Å². The number of hydrogen-bond donors (Lipinski definition) is 2. The standard InChI is InChI=1S/C11H9BrClN5O2/c1-14-10-9(18(19)20)11(16-5-15-10)17-6-2-3-7(12)8(13)4-6/h2-5H,1H3,(H2,14,15,16,17). The number of rotatable bonds is 4. The molecule has 0 atom stereocenters. The lowest BCUT2D eigenvalue weighted by atomic mass is 10.3. The smallest absolute Gasteiger partial charge is 0.353 e. The summed E-state index contributed by atoms with van der Waals surface area (Å²) in [4.78, 5) is 18.3. The van der Waals surface area contributed by atoms with E-state index in [1.54, 1.807) is 25.2 Å². The molecule has 0 fully saturated rings. The third-order valence-corrected chi connectivity index (χ3v) is 3.66. The molecule has 9 heteroatoms. The number of anilines is 3. The second-order valence-electron chi connectivity index (χ2n) is 3.68. The van der Waals surface area contributed by atoms with Crippen LogP contribution in [0.3, 0.4) is 0 Å². The highest BCUT2D eigenvalue weighted by molar-refractivity contribution is 9.10. The predicted molar refractivity (Wildman–Crippen MR) is 80.7 cm³/mol. The Kier molecular flexibility index (Phi) is 4.35. The second-order valence-corrected chi connectivity index (χ2v) is 4.94. The number of nitrogens with zero attached hydrogens (tertiary/aromatic N) is 3. The third-order valence-electron chi connectivity index (χ3n) is 2.42. The first kappa shape index (κ1) is 14.5. The number of nitrogens with one attached hydrogen (secondary N) is 2. The van der Waals surface area contributed by atoms with Crippen molar-refractivity contribution in [3.8, 4) is 0 Å². The summed E-state index contributed by atoms with van der Waals surface area (Å²) in [6.07, 6.45) is 1.24. The van der Waals surface area contributed by atoms with E-state index in [9.17, 15) is 10.1 Å². The van der Waals surface area contributed by atoms with Gasteiger partial charge < -0.3 is 10.6 Å². The van der Waals surface area contributed by atoms with E-state index in [4.69, 9.17) is 11.6 Å². The lowest BCUT2D eigenvalue weighted by Gasteiger charge is -2.08. The lowest BCUT2D eigenvalue weighted by molar-refractivity contribution is -0.383. The van der Waals surface area contributed by atoms with E-state index < -0.39 is 4.92 Å². The van der Waals surface area contributed by atoms with Gasteiger partial charge in [0.25, 0.3) is 0 Å². The maximum absolute atomic E-state index is 11.1. The molecule has 2 N–H and O–H groups in total. The first-order valence-corrected chi connectivity index (χ1v) is 6.59. The molecule has 104 valence electrons. The monoisotopic (exact) mass is 357 g/mol. The van der Waals surface area contributed by atoms with Crippen molar-refractivity contribution in [1.29, 1.82) is 0 Å². The van der Waals surface area contributed by atoms with Gasteiger partial charge in [-0.25, -0.2) is 9.97 Å². The Hall–Kier alpha value is -1.93. The van der Waals surface area contributed by atoms with Gasteiger partial charge in [-0.05, 0) is 34.1 Å². The fourth-order valence-corrected chi connectivity index (χ4v) is 1.96. The molecule has 0 bridgehead atoms. The zero-order chi connectivity index (χ0) is 14.7. The highest BCUT2D eigenvalue weighted by Crippen LogP contribution is 2.32. The quantitative estimate of drug-likeness (QED) is 0.641. The molecule has 0 unspecified atom stereocenters. The van der Waals surface area contributed by atoms with Crippen molar-refractivity contribution in [2.24, 2.45) is 0 Å². The van der Waals surface area contributed by atoms with Crippen LogP contribution in [0.25, 0.3) is 0 Å². The van der Waals surface area contributed by atoms with Gasteiger partial charge in [0.05, 0.1) is 9.95 Å². The highest BCUT2D eigenvalue weighted by Gasteiger charge is 2.22. The van der Waals surface area contributed by atoms with E-state index in [-0.39, 0.29) is 17.3 Å². The maximum atomic E-state index is 11.1. The van der Waals surface area contributed by atoms with E-state index in [1.807, 2.05) is 0 Å².